The predicted octanol–water partition coefficient (Wildman–Crippen LogP) is 2.37. The maximum absolute atomic E-state index is 13.0. The minimum atomic E-state index is -0.747. The summed E-state index contributed by atoms with van der Waals surface area (Å²) < 4.78 is 7.00. The second-order valence-electron chi connectivity index (χ2n) is 8.65. The van der Waals surface area contributed by atoms with Crippen LogP contribution in [0.15, 0.2) is 30.6 Å². The van der Waals surface area contributed by atoms with Crippen molar-refractivity contribution in [3.8, 4) is 17.5 Å². The van der Waals surface area contributed by atoms with E-state index >= 15 is 0 Å². The maximum Gasteiger partial charge on any atom is 0.255 e. The van der Waals surface area contributed by atoms with Crippen molar-refractivity contribution in [1.29, 1.82) is 5.26 Å². The first kappa shape index (κ1) is 23.7. The van der Waals surface area contributed by atoms with E-state index in [1.54, 1.807) is 35.9 Å². The number of hydrogen-bond donors (Lipinski definition) is 2. The van der Waals surface area contributed by atoms with E-state index in [2.05, 4.69) is 21.4 Å². The van der Waals surface area contributed by atoms with Crippen LogP contribution < -0.4 is 5.32 Å². The third kappa shape index (κ3) is 4.25. The van der Waals surface area contributed by atoms with Crippen LogP contribution in [0.25, 0.3) is 33.5 Å². The molecule has 36 heavy (non-hydrogen) atoms. The number of ether oxygens (including phenoxy) is 1. The standard InChI is InChI=1S/C24H23ClN8O3/c1-13(24(35)32-11-14(8-26)12-32)29-23(34)17-9-27-22-21(17)30-18(10-28-22)20-16-4-3-15(25)7-19(16)33(31-20)5-6-36-2/h3-4,7,9-10,13-14H,5-6,11-12H2,1-2H3,(H,27,28)(H,29,34). The molecule has 2 N–H and O–H groups in total. The van der Waals surface area contributed by atoms with Gasteiger partial charge in [0.25, 0.3) is 5.91 Å². The number of amides is 2. The summed E-state index contributed by atoms with van der Waals surface area (Å²) in [6, 6.07) is 6.88. The number of benzene rings is 1. The molecule has 0 bridgehead atoms. The molecule has 184 valence electrons. The Balaban J connectivity index is 1.44. The van der Waals surface area contributed by atoms with Gasteiger partial charge >= 0.3 is 0 Å². The second kappa shape index (κ2) is 9.56. The highest BCUT2D eigenvalue weighted by molar-refractivity contribution is 6.31. The van der Waals surface area contributed by atoms with Gasteiger partial charge in [0.15, 0.2) is 5.65 Å². The fourth-order valence-corrected chi connectivity index (χ4v) is 4.38. The first-order valence-corrected chi connectivity index (χ1v) is 11.8. The SMILES string of the molecule is COCCn1nc(-c2cnc3[nH]cc(C(=O)NC(C)C(=O)N4CC(C#N)C4)c3n2)c2ccc(Cl)cc21. The van der Waals surface area contributed by atoms with E-state index in [-0.39, 0.29) is 17.4 Å². The van der Waals surface area contributed by atoms with Crippen molar-refractivity contribution >= 4 is 45.5 Å². The van der Waals surface area contributed by atoms with E-state index < -0.39 is 11.9 Å². The van der Waals surface area contributed by atoms with E-state index in [0.717, 1.165) is 10.9 Å². The van der Waals surface area contributed by atoms with Crippen LogP contribution in [0.1, 0.15) is 17.3 Å². The Labute approximate surface area is 211 Å². The molecule has 1 saturated heterocycles. The van der Waals surface area contributed by atoms with Crippen molar-refractivity contribution in [2.75, 3.05) is 26.8 Å². The number of carbonyl (C=O) groups is 2. The number of likely N-dealkylation sites (tertiary alicyclic amines) is 1. The Hall–Kier alpha value is -4.01. The third-order valence-corrected chi connectivity index (χ3v) is 6.42. The number of nitriles is 1. The predicted molar refractivity (Wildman–Crippen MR) is 132 cm³/mol. The lowest BCUT2D eigenvalue weighted by molar-refractivity contribution is -0.137. The number of H-pyrrole nitrogens is 1. The number of nitrogens with one attached hydrogen (secondary N) is 2. The molecular formula is C24H23ClN8O3. The van der Waals surface area contributed by atoms with Gasteiger partial charge < -0.3 is 19.9 Å². The highest BCUT2D eigenvalue weighted by atomic mass is 35.5. The maximum atomic E-state index is 13.0. The molecule has 0 spiro atoms. The molecular weight excluding hydrogens is 484 g/mol. The van der Waals surface area contributed by atoms with E-state index in [1.807, 2.05) is 12.1 Å². The highest BCUT2D eigenvalue weighted by Gasteiger charge is 2.33. The normalized spacial score (nSPS) is 14.6. The lowest BCUT2D eigenvalue weighted by atomic mass is 10.0. The van der Waals surface area contributed by atoms with Gasteiger partial charge in [-0.1, -0.05) is 11.6 Å². The van der Waals surface area contributed by atoms with E-state index in [0.29, 0.717) is 53.8 Å². The summed E-state index contributed by atoms with van der Waals surface area (Å²) in [7, 11) is 1.62. The summed E-state index contributed by atoms with van der Waals surface area (Å²) >= 11 is 6.22. The number of methoxy groups -OCH3 is 1. The quantitative estimate of drug-likeness (QED) is 0.392. The Kier molecular flexibility index (Phi) is 6.30. The molecule has 12 heteroatoms. The van der Waals surface area contributed by atoms with Gasteiger partial charge in [0.1, 0.15) is 22.9 Å². The zero-order valence-corrected chi connectivity index (χ0v) is 20.4. The molecule has 3 aromatic heterocycles. The van der Waals surface area contributed by atoms with E-state index in [4.69, 9.17) is 31.7 Å². The average molecular weight is 507 g/mol. The molecule has 0 radical (unpaired) electrons. The van der Waals surface area contributed by atoms with Crippen LogP contribution >= 0.6 is 11.6 Å². The van der Waals surface area contributed by atoms with Crippen LogP contribution in [-0.4, -0.2) is 74.3 Å². The summed E-state index contributed by atoms with van der Waals surface area (Å²) in [5, 5.41) is 17.8. The summed E-state index contributed by atoms with van der Waals surface area (Å²) in [5.41, 5.74) is 3.00. The van der Waals surface area contributed by atoms with Gasteiger partial charge in [-0.05, 0) is 25.1 Å². The number of hydrogen-bond acceptors (Lipinski definition) is 7. The van der Waals surface area contributed by atoms with Gasteiger partial charge in [-0.2, -0.15) is 10.4 Å². The number of halogens is 1. The number of aromatic amines is 1. The topological polar surface area (TPSA) is 142 Å². The first-order chi connectivity index (χ1) is 17.4. The van der Waals surface area contributed by atoms with Crippen LogP contribution in [-0.2, 0) is 16.1 Å². The molecule has 1 aromatic carbocycles. The molecule has 4 aromatic rings. The van der Waals surface area contributed by atoms with Gasteiger partial charge in [0.2, 0.25) is 5.91 Å². The molecule has 1 aliphatic heterocycles. The van der Waals surface area contributed by atoms with E-state index in [9.17, 15) is 9.59 Å². The molecule has 0 aliphatic carbocycles. The van der Waals surface area contributed by atoms with Crippen molar-refractivity contribution in [3.05, 3.63) is 41.2 Å². The fourth-order valence-electron chi connectivity index (χ4n) is 4.21. The molecule has 11 nitrogen and oxygen atoms in total. The summed E-state index contributed by atoms with van der Waals surface area (Å²) in [6.45, 7) is 3.39. The summed E-state index contributed by atoms with van der Waals surface area (Å²) in [4.78, 5) is 39.2. The highest BCUT2D eigenvalue weighted by Crippen LogP contribution is 2.30. The smallest absolute Gasteiger partial charge is 0.255 e. The monoisotopic (exact) mass is 506 g/mol. The van der Waals surface area contributed by atoms with Crippen molar-refractivity contribution < 1.29 is 14.3 Å². The van der Waals surface area contributed by atoms with E-state index in [1.165, 1.54) is 6.20 Å². The van der Waals surface area contributed by atoms with Crippen LogP contribution in [0.4, 0.5) is 0 Å². The average Bonchev–Trinajstić information content (AvgIpc) is 3.42. The van der Waals surface area contributed by atoms with Crippen LogP contribution in [0.5, 0.6) is 0 Å². The van der Waals surface area contributed by atoms with Crippen molar-refractivity contribution in [2.24, 2.45) is 5.92 Å². The number of nitrogens with zero attached hydrogens (tertiary/aromatic N) is 6. The minimum absolute atomic E-state index is 0.149. The number of aromatic nitrogens is 5. The van der Waals surface area contributed by atoms with Crippen molar-refractivity contribution in [3.63, 3.8) is 0 Å². The van der Waals surface area contributed by atoms with Gasteiger partial charge in [-0.3, -0.25) is 14.3 Å². The molecule has 5 rings (SSSR count). The molecule has 2 amide bonds. The number of rotatable bonds is 7. The zero-order valence-electron chi connectivity index (χ0n) is 19.7. The molecule has 1 aliphatic rings. The molecule has 1 atom stereocenters. The van der Waals surface area contributed by atoms with Gasteiger partial charge in [0, 0.05) is 36.8 Å². The van der Waals surface area contributed by atoms with Gasteiger partial charge in [-0.25, -0.2) is 9.97 Å². The lowest BCUT2D eigenvalue weighted by Crippen LogP contribution is -2.55. The summed E-state index contributed by atoms with van der Waals surface area (Å²) in [5.74, 6) is -0.828. The van der Waals surface area contributed by atoms with Gasteiger partial charge in [0.05, 0.1) is 42.4 Å². The zero-order chi connectivity index (χ0) is 25.4. The largest absolute Gasteiger partial charge is 0.383 e. The molecule has 1 fully saturated rings. The number of fused-ring (bicyclic) bond motifs is 2. The molecule has 4 heterocycles. The minimum Gasteiger partial charge on any atom is -0.383 e. The Morgan fingerprint density at radius 2 is 2.19 bits per heavy atom. The first-order valence-electron chi connectivity index (χ1n) is 11.4. The van der Waals surface area contributed by atoms with Crippen LogP contribution in [0.3, 0.4) is 0 Å². The fraction of sp³-hybridized carbons (Fsp3) is 0.333. The number of carbonyl (C=O) groups excluding carboxylic acids is 2. The van der Waals surface area contributed by atoms with Crippen LogP contribution in [0, 0.1) is 17.2 Å². The Bertz CT molecular complexity index is 1520. The second-order valence-corrected chi connectivity index (χ2v) is 9.08. The lowest BCUT2D eigenvalue weighted by Gasteiger charge is -2.37. The van der Waals surface area contributed by atoms with Gasteiger partial charge in [-0.15, -0.1) is 0 Å². The van der Waals surface area contributed by atoms with Crippen molar-refractivity contribution in [2.45, 2.75) is 19.5 Å². The Morgan fingerprint density at radius 1 is 1.39 bits per heavy atom. The van der Waals surface area contributed by atoms with Crippen LogP contribution in [0.2, 0.25) is 5.02 Å². The molecule has 1 unspecified atom stereocenters. The Morgan fingerprint density at radius 3 is 2.94 bits per heavy atom. The van der Waals surface area contributed by atoms with Crippen molar-refractivity contribution in [1.82, 2.24) is 34.9 Å². The third-order valence-electron chi connectivity index (χ3n) is 6.18. The molecule has 0 saturated carbocycles. The summed E-state index contributed by atoms with van der Waals surface area (Å²) in [6.07, 6.45) is 3.12.